The summed E-state index contributed by atoms with van der Waals surface area (Å²) < 4.78 is 33.1. The highest BCUT2D eigenvalue weighted by molar-refractivity contribution is 7.91. The molecular formula is C22H27N3O6S. The Bertz CT molecular complexity index is 1040. The lowest BCUT2D eigenvalue weighted by molar-refractivity contribution is -0.164. The SMILES string of the molecule is CN(C)C(=O)CN1C(=O)CO[C@H](c2ccc(NS(=O)(=O)Cc3ccccc3)cc2)[C@H]1CO. The average Bonchev–Trinajstić information content (AvgIpc) is 2.75. The molecule has 2 aromatic carbocycles. The Morgan fingerprint density at radius 2 is 1.81 bits per heavy atom. The van der Waals surface area contributed by atoms with Crippen molar-refractivity contribution in [1.82, 2.24) is 9.80 Å². The molecule has 0 saturated carbocycles. The van der Waals surface area contributed by atoms with Crippen molar-refractivity contribution >= 4 is 27.5 Å². The Kier molecular flexibility index (Phi) is 7.49. The van der Waals surface area contributed by atoms with Crippen LogP contribution in [0.25, 0.3) is 0 Å². The zero-order valence-electron chi connectivity index (χ0n) is 18.0. The van der Waals surface area contributed by atoms with Crippen LogP contribution in [0.4, 0.5) is 5.69 Å². The zero-order valence-corrected chi connectivity index (χ0v) is 18.8. The fourth-order valence-electron chi connectivity index (χ4n) is 3.46. The van der Waals surface area contributed by atoms with Gasteiger partial charge in [-0.15, -0.1) is 0 Å². The number of morpholine rings is 1. The van der Waals surface area contributed by atoms with Crippen molar-refractivity contribution in [2.45, 2.75) is 17.9 Å². The summed E-state index contributed by atoms with van der Waals surface area (Å²) in [6.07, 6.45) is -0.650. The van der Waals surface area contributed by atoms with Gasteiger partial charge in [-0.05, 0) is 23.3 Å². The van der Waals surface area contributed by atoms with Gasteiger partial charge < -0.3 is 19.6 Å². The van der Waals surface area contributed by atoms with E-state index in [0.717, 1.165) is 0 Å². The smallest absolute Gasteiger partial charge is 0.249 e. The Morgan fingerprint density at radius 3 is 2.41 bits per heavy atom. The van der Waals surface area contributed by atoms with Gasteiger partial charge >= 0.3 is 0 Å². The first-order valence-electron chi connectivity index (χ1n) is 10.1. The Balaban J connectivity index is 1.72. The standard InChI is InChI=1S/C22H27N3O6S/c1-24(2)20(27)12-25-19(13-26)22(31-14-21(25)28)17-8-10-18(11-9-17)23-32(29,30)15-16-6-4-3-5-7-16/h3-11,19,22-23,26H,12-15H2,1-2H3/t19-,22-/m1/s1. The predicted molar refractivity (Wildman–Crippen MR) is 119 cm³/mol. The van der Waals surface area contributed by atoms with Gasteiger partial charge in [0, 0.05) is 19.8 Å². The molecule has 10 heteroatoms. The molecule has 2 amide bonds. The van der Waals surface area contributed by atoms with Crippen LogP contribution in [0.3, 0.4) is 0 Å². The number of amides is 2. The van der Waals surface area contributed by atoms with E-state index in [4.69, 9.17) is 4.74 Å². The highest BCUT2D eigenvalue weighted by Crippen LogP contribution is 2.30. The van der Waals surface area contributed by atoms with E-state index in [2.05, 4.69) is 4.72 Å². The summed E-state index contributed by atoms with van der Waals surface area (Å²) in [5.74, 6) is -0.786. The van der Waals surface area contributed by atoms with Crippen LogP contribution in [-0.2, 0) is 30.1 Å². The van der Waals surface area contributed by atoms with Crippen molar-refractivity contribution in [2.75, 3.05) is 38.6 Å². The van der Waals surface area contributed by atoms with E-state index in [0.29, 0.717) is 16.8 Å². The molecule has 1 saturated heterocycles. The molecule has 0 spiro atoms. The summed E-state index contributed by atoms with van der Waals surface area (Å²) >= 11 is 0. The number of hydrogen-bond donors (Lipinski definition) is 2. The zero-order chi connectivity index (χ0) is 23.3. The van der Waals surface area contributed by atoms with E-state index in [1.807, 2.05) is 6.07 Å². The van der Waals surface area contributed by atoms with Crippen LogP contribution in [0.5, 0.6) is 0 Å². The van der Waals surface area contributed by atoms with Gasteiger partial charge in [-0.25, -0.2) is 8.42 Å². The lowest BCUT2D eigenvalue weighted by atomic mass is 9.99. The first kappa shape index (κ1) is 23.7. The van der Waals surface area contributed by atoms with Crippen LogP contribution in [-0.4, -0.2) is 75.0 Å². The van der Waals surface area contributed by atoms with E-state index in [9.17, 15) is 23.1 Å². The van der Waals surface area contributed by atoms with Crippen molar-refractivity contribution in [1.29, 1.82) is 0 Å². The first-order valence-corrected chi connectivity index (χ1v) is 11.7. The number of anilines is 1. The number of aliphatic hydroxyl groups excluding tert-OH is 1. The van der Waals surface area contributed by atoms with Crippen molar-refractivity contribution in [3.63, 3.8) is 0 Å². The Morgan fingerprint density at radius 1 is 1.16 bits per heavy atom. The van der Waals surface area contributed by atoms with Gasteiger partial charge in [-0.3, -0.25) is 14.3 Å². The molecule has 3 rings (SSSR count). The third-order valence-corrected chi connectivity index (χ3v) is 6.42. The highest BCUT2D eigenvalue weighted by Gasteiger charge is 2.38. The summed E-state index contributed by atoms with van der Waals surface area (Å²) in [6, 6.07) is 14.7. The minimum absolute atomic E-state index is 0.148. The number of carbonyl (C=O) groups is 2. The quantitative estimate of drug-likeness (QED) is 0.605. The fourth-order valence-corrected chi connectivity index (χ4v) is 4.66. The molecule has 1 aliphatic rings. The van der Waals surface area contributed by atoms with Gasteiger partial charge in [0.1, 0.15) is 19.3 Å². The van der Waals surface area contributed by atoms with Gasteiger partial charge in [0.25, 0.3) is 0 Å². The molecule has 2 atom stereocenters. The largest absolute Gasteiger partial charge is 0.394 e. The maximum absolute atomic E-state index is 12.4. The molecule has 0 bridgehead atoms. The number of likely N-dealkylation sites (N-methyl/N-ethyl adjacent to an activating group) is 1. The van der Waals surface area contributed by atoms with Crippen LogP contribution in [0, 0.1) is 0 Å². The lowest BCUT2D eigenvalue weighted by Crippen LogP contribution is -2.55. The van der Waals surface area contributed by atoms with E-state index in [1.54, 1.807) is 62.6 Å². The summed E-state index contributed by atoms with van der Waals surface area (Å²) in [7, 11) is -0.408. The monoisotopic (exact) mass is 461 g/mol. The molecule has 0 aliphatic carbocycles. The highest BCUT2D eigenvalue weighted by atomic mass is 32.2. The third kappa shape index (κ3) is 5.84. The molecule has 0 aromatic heterocycles. The molecule has 2 N–H and O–H groups in total. The molecule has 172 valence electrons. The average molecular weight is 462 g/mol. The van der Waals surface area contributed by atoms with Crippen LogP contribution >= 0.6 is 0 Å². The van der Waals surface area contributed by atoms with Gasteiger partial charge in [0.2, 0.25) is 21.8 Å². The molecule has 1 aliphatic heterocycles. The molecule has 0 unspecified atom stereocenters. The van der Waals surface area contributed by atoms with Gasteiger partial charge in [0.05, 0.1) is 18.4 Å². The number of benzene rings is 2. The number of sulfonamides is 1. The molecule has 32 heavy (non-hydrogen) atoms. The number of carbonyl (C=O) groups excluding carboxylic acids is 2. The molecule has 1 heterocycles. The van der Waals surface area contributed by atoms with Gasteiger partial charge in [-0.1, -0.05) is 42.5 Å². The summed E-state index contributed by atoms with van der Waals surface area (Å²) in [5, 5.41) is 9.92. The van der Waals surface area contributed by atoms with Crippen molar-refractivity contribution < 1.29 is 27.9 Å². The molecule has 2 aromatic rings. The Hall–Kier alpha value is -2.95. The third-order valence-electron chi connectivity index (χ3n) is 5.16. The molecule has 0 radical (unpaired) electrons. The molecule has 1 fully saturated rings. The number of nitrogens with one attached hydrogen (secondary N) is 1. The Labute approximate surface area is 187 Å². The second-order valence-electron chi connectivity index (χ2n) is 7.76. The minimum Gasteiger partial charge on any atom is -0.394 e. The first-order chi connectivity index (χ1) is 15.2. The van der Waals surface area contributed by atoms with Crippen LogP contribution < -0.4 is 4.72 Å². The molecular weight excluding hydrogens is 434 g/mol. The van der Waals surface area contributed by atoms with E-state index in [-0.39, 0.29) is 37.3 Å². The van der Waals surface area contributed by atoms with Gasteiger partial charge in [0.15, 0.2) is 0 Å². The predicted octanol–water partition coefficient (Wildman–Crippen LogP) is 0.977. The van der Waals surface area contributed by atoms with Crippen LogP contribution in [0.1, 0.15) is 17.2 Å². The van der Waals surface area contributed by atoms with Crippen LogP contribution in [0.15, 0.2) is 54.6 Å². The second kappa shape index (κ2) is 10.1. The fraction of sp³-hybridized carbons (Fsp3) is 0.364. The number of ether oxygens (including phenoxy) is 1. The van der Waals surface area contributed by atoms with Crippen molar-refractivity contribution in [3.05, 3.63) is 65.7 Å². The lowest BCUT2D eigenvalue weighted by Gasteiger charge is -2.40. The van der Waals surface area contributed by atoms with Crippen LogP contribution in [0.2, 0.25) is 0 Å². The number of rotatable bonds is 8. The minimum atomic E-state index is -3.59. The van der Waals surface area contributed by atoms with E-state index in [1.165, 1.54) is 9.80 Å². The van der Waals surface area contributed by atoms with E-state index < -0.39 is 22.2 Å². The summed E-state index contributed by atoms with van der Waals surface area (Å²) in [5.41, 5.74) is 1.72. The number of hydrogen-bond acceptors (Lipinski definition) is 6. The number of aliphatic hydroxyl groups is 1. The van der Waals surface area contributed by atoms with E-state index >= 15 is 0 Å². The molecule has 9 nitrogen and oxygen atoms in total. The normalized spacial score (nSPS) is 19.0. The second-order valence-corrected chi connectivity index (χ2v) is 9.48. The van der Waals surface area contributed by atoms with Crippen molar-refractivity contribution in [3.8, 4) is 0 Å². The van der Waals surface area contributed by atoms with Crippen molar-refractivity contribution in [2.24, 2.45) is 0 Å². The maximum atomic E-state index is 12.4. The summed E-state index contributed by atoms with van der Waals surface area (Å²) in [4.78, 5) is 27.1. The topological polar surface area (TPSA) is 116 Å². The number of nitrogens with zero attached hydrogens (tertiary/aromatic N) is 2. The van der Waals surface area contributed by atoms with Gasteiger partial charge in [-0.2, -0.15) is 0 Å². The maximum Gasteiger partial charge on any atom is 0.249 e. The summed E-state index contributed by atoms with van der Waals surface area (Å²) in [6.45, 7) is -0.760.